The Balaban J connectivity index is 0.00000210. The molecule has 2 aliphatic heterocycles. The molecule has 2 atom stereocenters. The molecule has 2 aromatic carbocycles. The van der Waals surface area contributed by atoms with Crippen LogP contribution in [0.15, 0.2) is 60.7 Å². The monoisotopic (exact) mass is 383 g/mol. The number of hydrogen-bond donors (Lipinski definition) is 1. The normalized spacial score (nSPS) is 26.9. The average Bonchev–Trinajstić information content (AvgIpc) is 2.88. The van der Waals surface area contributed by atoms with E-state index in [9.17, 15) is 4.79 Å². The zero-order valence-electron chi connectivity index (χ0n) is 15.6. The third kappa shape index (κ3) is 4.42. The minimum absolute atomic E-state index is 0. The Morgan fingerprint density at radius 3 is 2.11 bits per heavy atom. The summed E-state index contributed by atoms with van der Waals surface area (Å²) in [6, 6.07) is 21.1. The van der Waals surface area contributed by atoms with Crippen LogP contribution in [0.1, 0.15) is 36.8 Å². The molecule has 0 spiro atoms. The largest absolute Gasteiger partial charge is 1.00 e. The number of rotatable bonds is 4. The van der Waals surface area contributed by atoms with E-state index in [2.05, 4.69) is 7.05 Å². The van der Waals surface area contributed by atoms with Crippen molar-refractivity contribution in [1.82, 2.24) is 0 Å². The highest BCUT2D eigenvalue weighted by atomic mass is 35.5. The Morgan fingerprint density at radius 2 is 1.52 bits per heavy atom. The number of ether oxygens (including phenoxy) is 1. The Labute approximate surface area is 167 Å². The van der Waals surface area contributed by atoms with E-state index >= 15 is 0 Å². The molecule has 2 aliphatic rings. The summed E-state index contributed by atoms with van der Waals surface area (Å²) >= 11 is 0. The van der Waals surface area contributed by atoms with Crippen molar-refractivity contribution >= 4 is 17.6 Å². The first kappa shape index (κ1) is 19.7. The molecule has 2 bridgehead atoms. The first-order chi connectivity index (χ1) is 12.7. The van der Waals surface area contributed by atoms with Crippen molar-refractivity contribution in [2.24, 2.45) is 0 Å². The van der Waals surface area contributed by atoms with Gasteiger partial charge in [-0.05, 0) is 17.2 Å². The molecule has 2 aromatic rings. The topological polar surface area (TPSA) is 30.7 Å². The number of nitrogens with one attached hydrogen (secondary N) is 1. The summed E-state index contributed by atoms with van der Waals surface area (Å²) in [7, 11) is 2.28. The Bertz CT molecular complexity index is 777. The summed E-state index contributed by atoms with van der Waals surface area (Å²) in [6.07, 6.45) is 6.48. The lowest BCUT2D eigenvalue weighted by atomic mass is 9.99. The van der Waals surface area contributed by atoms with Crippen LogP contribution in [0.2, 0.25) is 0 Å². The molecule has 2 fully saturated rings. The van der Waals surface area contributed by atoms with Crippen molar-refractivity contribution < 1.29 is 26.8 Å². The van der Waals surface area contributed by atoms with E-state index in [-0.39, 0.29) is 24.5 Å². The summed E-state index contributed by atoms with van der Waals surface area (Å²) in [5.41, 5.74) is 2.55. The number of quaternary nitrogens is 1. The van der Waals surface area contributed by atoms with Gasteiger partial charge in [-0.15, -0.1) is 0 Å². The van der Waals surface area contributed by atoms with Gasteiger partial charge in [0.25, 0.3) is 0 Å². The lowest BCUT2D eigenvalue weighted by molar-refractivity contribution is -0.923. The molecular weight excluding hydrogens is 358 g/mol. The van der Waals surface area contributed by atoms with E-state index in [0.29, 0.717) is 17.7 Å². The van der Waals surface area contributed by atoms with Gasteiger partial charge >= 0.3 is 5.97 Å². The van der Waals surface area contributed by atoms with Crippen molar-refractivity contribution in [2.75, 3.05) is 7.05 Å². The number of fused-ring (bicyclic) bond motifs is 2. The summed E-state index contributed by atoms with van der Waals surface area (Å²) in [6.45, 7) is 0. The fraction of sp³-hybridized carbons (Fsp3) is 0.348. The second kappa shape index (κ2) is 8.73. The predicted octanol–water partition coefficient (Wildman–Crippen LogP) is -0.0175. The molecular formula is C23H26ClNO2. The molecule has 0 aromatic heterocycles. The third-order valence-corrected chi connectivity index (χ3v) is 5.94. The highest BCUT2D eigenvalue weighted by Gasteiger charge is 2.43. The number of benzene rings is 2. The lowest BCUT2D eigenvalue weighted by Gasteiger charge is -2.33. The SMILES string of the molecule is C[NH+]1C2CCC1CC(OC(=O)/C(=C/c1ccccc1)c1ccccc1)C2.[Cl-]. The second-order valence-electron chi connectivity index (χ2n) is 7.55. The van der Waals surface area contributed by atoms with E-state index in [1.165, 1.54) is 12.8 Å². The van der Waals surface area contributed by atoms with Gasteiger partial charge in [-0.25, -0.2) is 4.79 Å². The van der Waals surface area contributed by atoms with Gasteiger partial charge in [0.1, 0.15) is 6.10 Å². The van der Waals surface area contributed by atoms with Gasteiger partial charge in [0, 0.05) is 25.7 Å². The molecule has 0 aliphatic carbocycles. The maximum absolute atomic E-state index is 13.0. The first-order valence-electron chi connectivity index (χ1n) is 9.57. The molecule has 4 heteroatoms. The Kier molecular flexibility index (Phi) is 6.35. The van der Waals surface area contributed by atoms with Gasteiger partial charge < -0.3 is 22.0 Å². The molecule has 27 heavy (non-hydrogen) atoms. The first-order valence-corrected chi connectivity index (χ1v) is 9.57. The van der Waals surface area contributed by atoms with Crippen LogP contribution in [0, 0.1) is 0 Å². The van der Waals surface area contributed by atoms with Gasteiger partial charge in [-0.3, -0.25) is 0 Å². The van der Waals surface area contributed by atoms with Crippen LogP contribution in [-0.4, -0.2) is 31.2 Å². The maximum atomic E-state index is 13.0. The van der Waals surface area contributed by atoms with E-state index < -0.39 is 0 Å². The molecule has 0 saturated carbocycles. The van der Waals surface area contributed by atoms with E-state index in [4.69, 9.17) is 4.74 Å². The number of halogens is 1. The van der Waals surface area contributed by atoms with Gasteiger partial charge in [-0.1, -0.05) is 60.7 Å². The summed E-state index contributed by atoms with van der Waals surface area (Å²) < 4.78 is 5.99. The second-order valence-corrected chi connectivity index (χ2v) is 7.55. The summed E-state index contributed by atoms with van der Waals surface area (Å²) in [5.74, 6) is -0.205. The van der Waals surface area contributed by atoms with E-state index in [0.717, 1.165) is 24.0 Å². The van der Waals surface area contributed by atoms with Crippen molar-refractivity contribution in [3.8, 4) is 0 Å². The lowest BCUT2D eigenvalue weighted by Crippen LogP contribution is -3.15. The number of hydrogen-bond acceptors (Lipinski definition) is 2. The van der Waals surface area contributed by atoms with Gasteiger partial charge in [0.2, 0.25) is 0 Å². The minimum Gasteiger partial charge on any atom is -1.00 e. The Hall–Kier alpha value is -2.10. The molecule has 0 radical (unpaired) electrons. The van der Waals surface area contributed by atoms with Gasteiger partial charge in [-0.2, -0.15) is 0 Å². The van der Waals surface area contributed by atoms with Crippen LogP contribution in [0.3, 0.4) is 0 Å². The summed E-state index contributed by atoms with van der Waals surface area (Å²) in [4.78, 5) is 14.7. The maximum Gasteiger partial charge on any atom is 0.339 e. The molecule has 2 saturated heterocycles. The van der Waals surface area contributed by atoms with E-state index in [1.807, 2.05) is 66.7 Å². The molecule has 2 heterocycles. The Morgan fingerprint density at radius 1 is 0.963 bits per heavy atom. The molecule has 0 amide bonds. The molecule has 1 N–H and O–H groups in total. The number of piperidine rings is 1. The van der Waals surface area contributed by atoms with E-state index in [1.54, 1.807) is 4.90 Å². The van der Waals surface area contributed by atoms with Gasteiger partial charge in [0.15, 0.2) is 0 Å². The quantitative estimate of drug-likeness (QED) is 0.457. The van der Waals surface area contributed by atoms with Crippen LogP contribution in [0.25, 0.3) is 11.6 Å². The molecule has 2 unspecified atom stereocenters. The zero-order chi connectivity index (χ0) is 17.9. The van der Waals surface area contributed by atoms with Crippen LogP contribution < -0.4 is 17.3 Å². The number of carbonyl (C=O) groups excluding carboxylic acids is 1. The van der Waals surface area contributed by atoms with Crippen molar-refractivity contribution in [3.05, 3.63) is 71.8 Å². The predicted molar refractivity (Wildman–Crippen MR) is 104 cm³/mol. The fourth-order valence-corrected chi connectivity index (χ4v) is 4.43. The molecule has 142 valence electrons. The molecule has 3 nitrogen and oxygen atoms in total. The fourth-order valence-electron chi connectivity index (χ4n) is 4.43. The smallest absolute Gasteiger partial charge is 0.339 e. The van der Waals surface area contributed by atoms with Crippen LogP contribution in [0.5, 0.6) is 0 Å². The average molecular weight is 384 g/mol. The highest BCUT2D eigenvalue weighted by Crippen LogP contribution is 2.27. The minimum atomic E-state index is -0.205. The van der Waals surface area contributed by atoms with Crippen molar-refractivity contribution in [2.45, 2.75) is 43.9 Å². The zero-order valence-corrected chi connectivity index (χ0v) is 16.4. The number of esters is 1. The number of carbonyl (C=O) groups is 1. The highest BCUT2D eigenvalue weighted by molar-refractivity contribution is 6.21. The van der Waals surface area contributed by atoms with Crippen molar-refractivity contribution in [1.29, 1.82) is 0 Å². The van der Waals surface area contributed by atoms with Crippen LogP contribution >= 0.6 is 0 Å². The van der Waals surface area contributed by atoms with Crippen molar-refractivity contribution in [3.63, 3.8) is 0 Å². The summed E-state index contributed by atoms with van der Waals surface area (Å²) in [5, 5.41) is 0. The van der Waals surface area contributed by atoms with Gasteiger partial charge in [0.05, 0.1) is 24.7 Å². The molecule has 4 rings (SSSR count). The third-order valence-electron chi connectivity index (χ3n) is 5.94. The standard InChI is InChI=1S/C23H25NO2.ClH/c1-24-19-12-13-20(24)16-21(15-19)26-23(25)22(18-10-6-3-7-11-18)14-17-8-4-2-5-9-17;/h2-11,14,19-21H,12-13,15-16H2,1H3;1H/b22-14+;. The van der Waals surface area contributed by atoms with Crippen LogP contribution in [-0.2, 0) is 9.53 Å². The van der Waals surface area contributed by atoms with Crippen LogP contribution in [0.4, 0.5) is 0 Å².